The number of rotatable bonds is 5. The first kappa shape index (κ1) is 13.6. The van der Waals surface area contributed by atoms with E-state index in [1.165, 1.54) is 11.1 Å². The van der Waals surface area contributed by atoms with Gasteiger partial charge in [0.05, 0.1) is 0 Å². The lowest BCUT2D eigenvalue weighted by Crippen LogP contribution is -2.13. The average molecular weight is 254 g/mol. The lowest BCUT2D eigenvalue weighted by Gasteiger charge is -2.09. The van der Waals surface area contributed by atoms with Crippen LogP contribution in [0.1, 0.15) is 36.5 Å². The molecular weight excluding hydrogens is 232 g/mol. The third kappa shape index (κ3) is 3.83. The molecule has 3 N–H and O–H groups in total. The smallest absolute Gasteiger partial charge is 0.0359 e. The quantitative estimate of drug-likeness (QED) is 0.799. The van der Waals surface area contributed by atoms with E-state index in [0.29, 0.717) is 5.92 Å². The molecule has 2 rings (SSSR count). The van der Waals surface area contributed by atoms with Gasteiger partial charge in [-0.1, -0.05) is 56.3 Å². The van der Waals surface area contributed by atoms with Crippen molar-refractivity contribution < 1.29 is 0 Å². The van der Waals surface area contributed by atoms with Crippen LogP contribution in [0.3, 0.4) is 0 Å². The molecule has 100 valence electrons. The van der Waals surface area contributed by atoms with Crippen molar-refractivity contribution in [3.05, 3.63) is 65.2 Å². The van der Waals surface area contributed by atoms with E-state index in [0.717, 1.165) is 24.3 Å². The van der Waals surface area contributed by atoms with E-state index in [9.17, 15) is 0 Å². The lowest BCUT2D eigenvalue weighted by molar-refractivity contribution is 0.694. The molecule has 0 heterocycles. The van der Waals surface area contributed by atoms with E-state index in [1.54, 1.807) is 0 Å². The van der Waals surface area contributed by atoms with Gasteiger partial charge in [0.1, 0.15) is 0 Å². The van der Waals surface area contributed by atoms with E-state index in [-0.39, 0.29) is 0 Å². The lowest BCUT2D eigenvalue weighted by atomic mass is 10.0. The fourth-order valence-corrected chi connectivity index (χ4v) is 2.06. The summed E-state index contributed by atoms with van der Waals surface area (Å²) in [7, 11) is 0. The van der Waals surface area contributed by atoms with E-state index in [1.807, 2.05) is 18.2 Å². The van der Waals surface area contributed by atoms with Crippen LogP contribution in [0.25, 0.3) is 0 Å². The molecular formula is C17H22N2. The molecule has 0 atom stereocenters. The Morgan fingerprint density at radius 3 is 2.26 bits per heavy atom. The van der Waals surface area contributed by atoms with Crippen molar-refractivity contribution in [1.82, 2.24) is 5.32 Å². The molecule has 0 saturated heterocycles. The minimum Gasteiger partial charge on any atom is -0.398 e. The first-order chi connectivity index (χ1) is 9.16. The molecule has 0 aromatic heterocycles. The predicted octanol–water partition coefficient (Wildman–Crippen LogP) is 3.68. The number of nitrogens with one attached hydrogen (secondary N) is 1. The zero-order valence-corrected chi connectivity index (χ0v) is 11.7. The molecule has 0 saturated carbocycles. The van der Waals surface area contributed by atoms with Gasteiger partial charge >= 0.3 is 0 Å². The first-order valence-electron chi connectivity index (χ1n) is 6.79. The third-order valence-corrected chi connectivity index (χ3v) is 3.35. The van der Waals surface area contributed by atoms with Crippen molar-refractivity contribution in [1.29, 1.82) is 0 Å². The number of nitrogens with two attached hydrogens (primary N) is 1. The fourth-order valence-electron chi connectivity index (χ4n) is 2.06. The summed E-state index contributed by atoms with van der Waals surface area (Å²) >= 11 is 0. The van der Waals surface area contributed by atoms with E-state index in [2.05, 4.69) is 49.5 Å². The van der Waals surface area contributed by atoms with E-state index in [4.69, 9.17) is 5.73 Å². The Hall–Kier alpha value is -1.80. The van der Waals surface area contributed by atoms with Crippen molar-refractivity contribution in [3.63, 3.8) is 0 Å². The van der Waals surface area contributed by atoms with Gasteiger partial charge in [0.2, 0.25) is 0 Å². The van der Waals surface area contributed by atoms with Gasteiger partial charge in [-0.15, -0.1) is 0 Å². The maximum atomic E-state index is 5.91. The standard InChI is InChI=1S/C17H22N2/c1-13(2)15-9-7-14(8-10-15)11-19-12-16-5-3-4-6-17(16)18/h3-10,13,19H,11-12,18H2,1-2H3. The van der Waals surface area contributed by atoms with Gasteiger partial charge in [0.15, 0.2) is 0 Å². The largest absolute Gasteiger partial charge is 0.398 e. The molecule has 2 aromatic rings. The Morgan fingerprint density at radius 2 is 1.63 bits per heavy atom. The third-order valence-electron chi connectivity index (χ3n) is 3.35. The summed E-state index contributed by atoms with van der Waals surface area (Å²) in [6.07, 6.45) is 0. The maximum Gasteiger partial charge on any atom is 0.0359 e. The Balaban J connectivity index is 1.87. The number of para-hydroxylation sites is 1. The number of anilines is 1. The first-order valence-corrected chi connectivity index (χ1v) is 6.79. The Labute approximate surface area is 115 Å². The highest BCUT2D eigenvalue weighted by atomic mass is 14.9. The van der Waals surface area contributed by atoms with Gasteiger partial charge in [-0.2, -0.15) is 0 Å². The molecule has 0 aliphatic rings. The van der Waals surface area contributed by atoms with Crippen LogP contribution in [0.5, 0.6) is 0 Å². The summed E-state index contributed by atoms with van der Waals surface area (Å²) in [4.78, 5) is 0. The second-order valence-electron chi connectivity index (χ2n) is 5.20. The van der Waals surface area contributed by atoms with Crippen molar-refractivity contribution in [3.8, 4) is 0 Å². The summed E-state index contributed by atoms with van der Waals surface area (Å²) < 4.78 is 0. The molecule has 0 amide bonds. The molecule has 2 aromatic carbocycles. The summed E-state index contributed by atoms with van der Waals surface area (Å²) in [5.41, 5.74) is 10.6. The van der Waals surface area contributed by atoms with Crippen LogP contribution in [0.15, 0.2) is 48.5 Å². The van der Waals surface area contributed by atoms with E-state index < -0.39 is 0 Å². The monoisotopic (exact) mass is 254 g/mol. The van der Waals surface area contributed by atoms with Gasteiger partial charge in [-0.25, -0.2) is 0 Å². The highest BCUT2D eigenvalue weighted by molar-refractivity contribution is 5.46. The summed E-state index contributed by atoms with van der Waals surface area (Å²) in [5, 5.41) is 3.43. The van der Waals surface area contributed by atoms with Crippen LogP contribution in [0, 0.1) is 0 Å². The second kappa shape index (κ2) is 6.39. The molecule has 2 nitrogen and oxygen atoms in total. The molecule has 0 unspecified atom stereocenters. The molecule has 19 heavy (non-hydrogen) atoms. The van der Waals surface area contributed by atoms with Crippen LogP contribution < -0.4 is 11.1 Å². The Kier molecular flexibility index (Phi) is 4.58. The van der Waals surface area contributed by atoms with Gasteiger partial charge in [-0.05, 0) is 28.7 Å². The van der Waals surface area contributed by atoms with Crippen molar-refractivity contribution in [2.75, 3.05) is 5.73 Å². The van der Waals surface area contributed by atoms with Crippen molar-refractivity contribution in [2.24, 2.45) is 0 Å². The number of hydrogen-bond acceptors (Lipinski definition) is 2. The average Bonchev–Trinajstić information content (AvgIpc) is 2.41. The van der Waals surface area contributed by atoms with Crippen molar-refractivity contribution in [2.45, 2.75) is 32.9 Å². The normalized spacial score (nSPS) is 10.9. The topological polar surface area (TPSA) is 38.0 Å². The van der Waals surface area contributed by atoms with Gasteiger partial charge in [-0.3, -0.25) is 0 Å². The Bertz CT molecular complexity index is 515. The molecule has 0 fully saturated rings. The second-order valence-corrected chi connectivity index (χ2v) is 5.20. The summed E-state index contributed by atoms with van der Waals surface area (Å²) in [5.74, 6) is 0.589. The minimum atomic E-state index is 0.589. The zero-order valence-electron chi connectivity index (χ0n) is 11.7. The van der Waals surface area contributed by atoms with Gasteiger partial charge in [0, 0.05) is 18.8 Å². The number of benzene rings is 2. The Morgan fingerprint density at radius 1 is 0.947 bits per heavy atom. The van der Waals surface area contributed by atoms with Crippen LogP contribution in [-0.2, 0) is 13.1 Å². The fraction of sp³-hybridized carbons (Fsp3) is 0.294. The maximum absolute atomic E-state index is 5.91. The number of nitrogen functional groups attached to an aromatic ring is 1. The van der Waals surface area contributed by atoms with Gasteiger partial charge in [0.25, 0.3) is 0 Å². The highest BCUT2D eigenvalue weighted by Crippen LogP contribution is 2.15. The number of hydrogen-bond donors (Lipinski definition) is 2. The van der Waals surface area contributed by atoms with Crippen LogP contribution in [0.2, 0.25) is 0 Å². The molecule has 0 spiro atoms. The van der Waals surface area contributed by atoms with Crippen molar-refractivity contribution >= 4 is 5.69 Å². The molecule has 2 heteroatoms. The predicted molar refractivity (Wildman–Crippen MR) is 81.9 cm³/mol. The highest BCUT2D eigenvalue weighted by Gasteiger charge is 2.00. The molecule has 0 aliphatic carbocycles. The van der Waals surface area contributed by atoms with Crippen LogP contribution in [0.4, 0.5) is 5.69 Å². The minimum absolute atomic E-state index is 0.589. The molecule has 0 bridgehead atoms. The summed E-state index contributed by atoms with van der Waals surface area (Å²) in [6, 6.07) is 16.8. The van der Waals surface area contributed by atoms with Crippen LogP contribution >= 0.6 is 0 Å². The molecule has 0 radical (unpaired) electrons. The molecule has 0 aliphatic heterocycles. The van der Waals surface area contributed by atoms with Gasteiger partial charge < -0.3 is 11.1 Å². The summed E-state index contributed by atoms with van der Waals surface area (Å²) in [6.45, 7) is 6.10. The van der Waals surface area contributed by atoms with Crippen LogP contribution in [-0.4, -0.2) is 0 Å². The van der Waals surface area contributed by atoms with E-state index >= 15 is 0 Å². The zero-order chi connectivity index (χ0) is 13.7. The SMILES string of the molecule is CC(C)c1ccc(CNCc2ccccc2N)cc1.